The van der Waals surface area contributed by atoms with E-state index in [0.29, 0.717) is 11.3 Å². The second-order valence-electron chi connectivity index (χ2n) is 9.14. The zero-order valence-electron chi connectivity index (χ0n) is 20.1. The van der Waals surface area contributed by atoms with Crippen molar-refractivity contribution in [2.45, 2.75) is 44.2 Å². The van der Waals surface area contributed by atoms with Gasteiger partial charge in [0.05, 0.1) is 13.0 Å². The zero-order chi connectivity index (χ0) is 26.5. The Balaban J connectivity index is 1.72. The number of carboxylic acid groups (broad SMARTS) is 1. The topological polar surface area (TPSA) is 125 Å². The van der Waals surface area contributed by atoms with E-state index in [1.54, 1.807) is 51.1 Å². The van der Waals surface area contributed by atoms with Gasteiger partial charge in [-0.3, -0.25) is 9.59 Å². The highest BCUT2D eigenvalue weighted by molar-refractivity contribution is 7.99. The van der Waals surface area contributed by atoms with Gasteiger partial charge in [-0.1, -0.05) is 30.3 Å². The minimum atomic E-state index is -1.00. The molecule has 0 aliphatic carbocycles. The Morgan fingerprint density at radius 3 is 2.53 bits per heavy atom. The molecule has 3 N–H and O–H groups in total. The first-order valence-electron chi connectivity index (χ1n) is 11.2. The maximum atomic E-state index is 14.6. The second-order valence-corrected chi connectivity index (χ2v) is 10.2. The summed E-state index contributed by atoms with van der Waals surface area (Å²) in [6, 6.07) is 10.7. The molecular weight excluding hydrogens is 489 g/mol. The van der Waals surface area contributed by atoms with Crippen LogP contribution in [0.2, 0.25) is 0 Å². The number of rotatable bonds is 7. The molecule has 1 saturated heterocycles. The van der Waals surface area contributed by atoms with Crippen molar-refractivity contribution in [2.24, 2.45) is 0 Å². The maximum absolute atomic E-state index is 14.6. The number of amides is 3. The van der Waals surface area contributed by atoms with Crippen molar-refractivity contribution in [3.05, 3.63) is 65.5 Å². The van der Waals surface area contributed by atoms with Crippen LogP contribution in [0.1, 0.15) is 37.3 Å². The third-order valence-electron chi connectivity index (χ3n) is 5.08. The fourth-order valence-electron chi connectivity index (χ4n) is 3.63. The zero-order valence-corrected chi connectivity index (χ0v) is 20.9. The highest BCUT2D eigenvalue weighted by Gasteiger charge is 2.44. The number of ether oxygens (including phenoxy) is 1. The normalized spacial score (nSPS) is 17.4. The summed E-state index contributed by atoms with van der Waals surface area (Å²) in [5, 5.41) is 13.2. The standard InChI is InChI=1S/C25H28FN3O6S/c1-25(2,3)35-23(33)19-14-36-22(17-9-4-5-10-18(17)26)29(19)20(30)13-27-24(34)28-16-8-6-7-15(11-16)12-21(31)32/h4-11,19,22H,12-14H2,1-3H3,(H,31,32)(H2,27,28,34)/t19-,22+/m0/s1. The summed E-state index contributed by atoms with van der Waals surface area (Å²) in [7, 11) is 0. The summed E-state index contributed by atoms with van der Waals surface area (Å²) in [5.74, 6) is -2.50. The molecule has 0 spiro atoms. The van der Waals surface area contributed by atoms with Crippen LogP contribution in [-0.2, 0) is 25.5 Å². The minimum Gasteiger partial charge on any atom is -0.481 e. The molecule has 3 rings (SSSR count). The second kappa shape index (κ2) is 11.4. The Labute approximate surface area is 212 Å². The first-order chi connectivity index (χ1) is 16.9. The van der Waals surface area contributed by atoms with Crippen LogP contribution in [0.5, 0.6) is 0 Å². The SMILES string of the molecule is CC(C)(C)OC(=O)[C@@H]1CS[C@H](c2ccccc2F)N1C(=O)CNC(=O)Nc1cccc(CC(=O)O)c1. The van der Waals surface area contributed by atoms with E-state index in [4.69, 9.17) is 9.84 Å². The van der Waals surface area contributed by atoms with Gasteiger partial charge in [-0.2, -0.15) is 0 Å². The number of benzene rings is 2. The van der Waals surface area contributed by atoms with Crippen LogP contribution in [-0.4, -0.2) is 57.8 Å². The van der Waals surface area contributed by atoms with Crippen LogP contribution < -0.4 is 10.6 Å². The monoisotopic (exact) mass is 517 g/mol. The fourth-order valence-corrected chi connectivity index (χ4v) is 5.09. The average molecular weight is 518 g/mol. The number of halogens is 1. The molecule has 1 aliphatic heterocycles. The van der Waals surface area contributed by atoms with E-state index in [1.807, 2.05) is 0 Å². The lowest BCUT2D eigenvalue weighted by atomic mass is 10.1. The van der Waals surface area contributed by atoms with E-state index < -0.39 is 53.3 Å². The number of carboxylic acids is 1. The molecule has 11 heteroatoms. The number of esters is 1. The number of nitrogens with one attached hydrogen (secondary N) is 2. The van der Waals surface area contributed by atoms with Gasteiger partial charge in [0.25, 0.3) is 0 Å². The lowest BCUT2D eigenvalue weighted by Crippen LogP contribution is -2.49. The van der Waals surface area contributed by atoms with Crippen LogP contribution in [0, 0.1) is 5.82 Å². The van der Waals surface area contributed by atoms with Gasteiger partial charge in [-0.05, 0) is 44.5 Å². The molecule has 0 saturated carbocycles. The number of nitrogens with zero attached hydrogens (tertiary/aromatic N) is 1. The molecule has 0 radical (unpaired) electrons. The molecule has 36 heavy (non-hydrogen) atoms. The van der Waals surface area contributed by atoms with Gasteiger partial charge in [-0.15, -0.1) is 11.8 Å². The lowest BCUT2D eigenvalue weighted by molar-refractivity contribution is -0.163. The minimum absolute atomic E-state index is 0.203. The van der Waals surface area contributed by atoms with Crippen LogP contribution in [0.15, 0.2) is 48.5 Å². The first-order valence-corrected chi connectivity index (χ1v) is 12.2. The van der Waals surface area contributed by atoms with Crippen molar-refractivity contribution in [1.82, 2.24) is 10.2 Å². The summed E-state index contributed by atoms with van der Waals surface area (Å²) in [5.41, 5.74) is 0.325. The van der Waals surface area contributed by atoms with Crippen LogP contribution >= 0.6 is 11.8 Å². The molecule has 1 fully saturated rings. The first kappa shape index (κ1) is 27.0. The van der Waals surface area contributed by atoms with E-state index in [-0.39, 0.29) is 17.7 Å². The van der Waals surface area contributed by atoms with Crippen molar-refractivity contribution in [2.75, 3.05) is 17.6 Å². The Morgan fingerprint density at radius 2 is 1.86 bits per heavy atom. The number of aliphatic carboxylic acids is 1. The van der Waals surface area contributed by atoms with Crippen molar-refractivity contribution in [1.29, 1.82) is 0 Å². The van der Waals surface area contributed by atoms with Gasteiger partial charge >= 0.3 is 18.0 Å². The van der Waals surface area contributed by atoms with E-state index in [0.717, 1.165) is 0 Å². The molecule has 3 amide bonds. The molecule has 0 aromatic heterocycles. The quantitative estimate of drug-likeness (QED) is 0.480. The molecule has 0 bridgehead atoms. The van der Waals surface area contributed by atoms with Crippen LogP contribution in [0.3, 0.4) is 0 Å². The largest absolute Gasteiger partial charge is 0.481 e. The predicted octanol–water partition coefficient (Wildman–Crippen LogP) is 3.56. The Bertz CT molecular complexity index is 1150. The Kier molecular flexibility index (Phi) is 8.57. The Morgan fingerprint density at radius 1 is 1.14 bits per heavy atom. The molecular formula is C25H28FN3O6S. The lowest BCUT2D eigenvalue weighted by Gasteiger charge is -2.30. The molecule has 2 aromatic rings. The van der Waals surface area contributed by atoms with Crippen LogP contribution in [0.4, 0.5) is 14.9 Å². The van der Waals surface area contributed by atoms with Gasteiger partial charge in [0.1, 0.15) is 22.8 Å². The number of carbonyl (C=O) groups excluding carboxylic acids is 3. The average Bonchev–Trinajstić information content (AvgIpc) is 3.22. The van der Waals surface area contributed by atoms with Gasteiger partial charge in [0.2, 0.25) is 5.91 Å². The molecule has 1 heterocycles. The molecule has 2 atom stereocenters. The number of anilines is 1. The van der Waals surface area contributed by atoms with Crippen molar-refractivity contribution in [3.8, 4) is 0 Å². The summed E-state index contributed by atoms with van der Waals surface area (Å²) in [6.07, 6.45) is -0.203. The van der Waals surface area contributed by atoms with Crippen LogP contribution in [0.25, 0.3) is 0 Å². The van der Waals surface area contributed by atoms with Gasteiger partial charge in [-0.25, -0.2) is 14.0 Å². The highest BCUT2D eigenvalue weighted by atomic mass is 32.2. The number of hydrogen-bond donors (Lipinski definition) is 3. The Hall–Kier alpha value is -3.60. The third kappa shape index (κ3) is 7.20. The number of thioether (sulfide) groups is 1. The van der Waals surface area contributed by atoms with Gasteiger partial charge in [0, 0.05) is 17.0 Å². The highest BCUT2D eigenvalue weighted by Crippen LogP contribution is 2.42. The maximum Gasteiger partial charge on any atom is 0.330 e. The number of urea groups is 1. The fraction of sp³-hybridized carbons (Fsp3) is 0.360. The van der Waals surface area contributed by atoms with Crippen molar-refractivity contribution >= 4 is 41.3 Å². The summed E-state index contributed by atoms with van der Waals surface area (Å²) < 4.78 is 20.0. The van der Waals surface area contributed by atoms with E-state index >= 15 is 0 Å². The summed E-state index contributed by atoms with van der Waals surface area (Å²) >= 11 is 1.24. The molecule has 0 unspecified atom stereocenters. The van der Waals surface area contributed by atoms with E-state index in [9.17, 15) is 23.6 Å². The molecule has 1 aliphatic rings. The number of hydrogen-bond acceptors (Lipinski definition) is 6. The van der Waals surface area contributed by atoms with E-state index in [2.05, 4.69) is 10.6 Å². The third-order valence-corrected chi connectivity index (χ3v) is 6.38. The van der Waals surface area contributed by atoms with Gasteiger partial charge < -0.3 is 25.4 Å². The van der Waals surface area contributed by atoms with Crippen molar-refractivity contribution < 1.29 is 33.4 Å². The molecule has 192 valence electrons. The number of carbonyl (C=O) groups is 4. The molecule has 9 nitrogen and oxygen atoms in total. The van der Waals surface area contributed by atoms with E-state index in [1.165, 1.54) is 34.9 Å². The van der Waals surface area contributed by atoms with Gasteiger partial charge in [0.15, 0.2) is 0 Å². The smallest absolute Gasteiger partial charge is 0.330 e. The summed E-state index contributed by atoms with van der Waals surface area (Å²) in [4.78, 5) is 50.7. The molecule has 2 aromatic carbocycles. The predicted molar refractivity (Wildman–Crippen MR) is 133 cm³/mol. The summed E-state index contributed by atoms with van der Waals surface area (Å²) in [6.45, 7) is 4.69. The van der Waals surface area contributed by atoms with Crippen molar-refractivity contribution in [3.63, 3.8) is 0 Å².